The molecule has 0 aromatic heterocycles. The number of esters is 2. The molecule has 0 aliphatic heterocycles. The summed E-state index contributed by atoms with van der Waals surface area (Å²) in [6, 6.07) is 0. The summed E-state index contributed by atoms with van der Waals surface area (Å²) < 4.78 is 22.6. The van der Waals surface area contributed by atoms with E-state index in [1.807, 2.05) is 21.1 Å². The molecule has 9 heteroatoms. The van der Waals surface area contributed by atoms with Crippen molar-refractivity contribution in [3.63, 3.8) is 0 Å². The number of carboxylic acids is 1. The van der Waals surface area contributed by atoms with Crippen molar-refractivity contribution in [3.05, 3.63) is 109 Å². The monoisotopic (exact) mass is 934 g/mol. The van der Waals surface area contributed by atoms with Crippen LogP contribution in [0.2, 0.25) is 0 Å². The number of allylic oxidation sites excluding steroid dienone is 18. The Bertz CT molecular complexity index is 1460. The maximum absolute atomic E-state index is 12.8. The number of ether oxygens (including phenoxy) is 4. The predicted molar refractivity (Wildman–Crippen MR) is 278 cm³/mol. The molecule has 380 valence electrons. The van der Waals surface area contributed by atoms with Gasteiger partial charge in [-0.05, 0) is 103 Å². The lowest BCUT2D eigenvalue weighted by molar-refractivity contribution is -0.870. The zero-order valence-electron chi connectivity index (χ0n) is 43.0. The molecule has 0 saturated carbocycles. The maximum atomic E-state index is 12.8. The molecule has 0 aromatic carbocycles. The van der Waals surface area contributed by atoms with Gasteiger partial charge in [0.15, 0.2) is 12.4 Å². The highest BCUT2D eigenvalue weighted by molar-refractivity contribution is 5.70. The van der Waals surface area contributed by atoms with Crippen molar-refractivity contribution in [2.24, 2.45) is 0 Å². The molecule has 0 amide bonds. The van der Waals surface area contributed by atoms with Crippen molar-refractivity contribution < 1.29 is 42.9 Å². The van der Waals surface area contributed by atoms with E-state index in [0.717, 1.165) is 103 Å². The first-order valence-corrected chi connectivity index (χ1v) is 26.0. The third kappa shape index (κ3) is 49.7. The van der Waals surface area contributed by atoms with Crippen LogP contribution < -0.4 is 5.11 Å². The van der Waals surface area contributed by atoms with Crippen molar-refractivity contribution in [1.29, 1.82) is 0 Å². The summed E-state index contributed by atoms with van der Waals surface area (Å²) in [6.07, 6.45) is 62.6. The fraction of sp³-hybridized carbons (Fsp3) is 0.638. The Balaban J connectivity index is 4.45. The molecule has 9 nitrogen and oxygen atoms in total. The van der Waals surface area contributed by atoms with E-state index < -0.39 is 24.3 Å². The van der Waals surface area contributed by atoms with Crippen molar-refractivity contribution in [3.8, 4) is 0 Å². The topological polar surface area (TPSA) is 111 Å². The Morgan fingerprint density at radius 1 is 0.463 bits per heavy atom. The van der Waals surface area contributed by atoms with E-state index in [-0.39, 0.29) is 38.6 Å². The van der Waals surface area contributed by atoms with Crippen molar-refractivity contribution >= 4 is 17.9 Å². The summed E-state index contributed by atoms with van der Waals surface area (Å²) in [5, 5.41) is 11.7. The first-order chi connectivity index (χ1) is 32.6. The molecule has 0 N–H and O–H groups in total. The van der Waals surface area contributed by atoms with Crippen LogP contribution in [0.5, 0.6) is 0 Å². The van der Waals surface area contributed by atoms with E-state index in [9.17, 15) is 19.5 Å². The van der Waals surface area contributed by atoms with Gasteiger partial charge >= 0.3 is 11.9 Å². The number of carboxylic acid groups (broad SMARTS) is 1. The number of hydrogen-bond acceptors (Lipinski definition) is 8. The SMILES string of the molecule is CC/C=C\C/C=C\C/C=C\C/C=C\C/C=C\C/C=C\C/C=C\CCCCCC(=O)OC(COC(=O)CCCCCCCCC/C=C\C/C=C\CCCCC)COC(OCC[N+](C)(C)C)C(=O)[O-]. The van der Waals surface area contributed by atoms with Gasteiger partial charge in [-0.2, -0.15) is 0 Å². The van der Waals surface area contributed by atoms with Crippen LogP contribution in [0.4, 0.5) is 0 Å². The second kappa shape index (κ2) is 48.4. The number of aliphatic carboxylic acids is 1. The molecule has 67 heavy (non-hydrogen) atoms. The fourth-order valence-electron chi connectivity index (χ4n) is 6.48. The van der Waals surface area contributed by atoms with Gasteiger partial charge in [0.25, 0.3) is 0 Å². The average molecular weight is 934 g/mol. The van der Waals surface area contributed by atoms with Gasteiger partial charge in [-0.3, -0.25) is 9.59 Å². The Kier molecular flexibility index (Phi) is 45.5. The Morgan fingerprint density at radius 3 is 1.28 bits per heavy atom. The van der Waals surface area contributed by atoms with Crippen LogP contribution in [0.1, 0.15) is 181 Å². The number of rotatable bonds is 46. The highest BCUT2D eigenvalue weighted by Crippen LogP contribution is 2.13. The first-order valence-electron chi connectivity index (χ1n) is 26.0. The Morgan fingerprint density at radius 2 is 0.851 bits per heavy atom. The molecule has 0 spiro atoms. The largest absolute Gasteiger partial charge is 0.545 e. The molecule has 0 radical (unpaired) electrons. The summed E-state index contributed by atoms with van der Waals surface area (Å²) in [7, 11) is 5.89. The normalized spacial score (nSPS) is 13.7. The lowest BCUT2D eigenvalue weighted by Gasteiger charge is -2.26. The third-order valence-corrected chi connectivity index (χ3v) is 10.5. The number of carbonyl (C=O) groups is 3. The zero-order chi connectivity index (χ0) is 49.2. The predicted octanol–water partition coefficient (Wildman–Crippen LogP) is 13.4. The highest BCUT2D eigenvalue weighted by atomic mass is 16.7. The lowest BCUT2D eigenvalue weighted by atomic mass is 10.1. The summed E-state index contributed by atoms with van der Waals surface area (Å²) in [6.45, 7) is 4.53. The summed E-state index contributed by atoms with van der Waals surface area (Å²) in [4.78, 5) is 37.2. The van der Waals surface area contributed by atoms with Gasteiger partial charge in [-0.25, -0.2) is 0 Å². The number of likely N-dealkylation sites (N-methyl/N-ethyl adjacent to an activating group) is 1. The van der Waals surface area contributed by atoms with E-state index in [1.54, 1.807) is 0 Å². The van der Waals surface area contributed by atoms with E-state index >= 15 is 0 Å². The lowest BCUT2D eigenvalue weighted by Crippen LogP contribution is -2.44. The minimum Gasteiger partial charge on any atom is -0.545 e. The highest BCUT2D eigenvalue weighted by Gasteiger charge is 2.21. The van der Waals surface area contributed by atoms with E-state index in [0.29, 0.717) is 17.4 Å². The van der Waals surface area contributed by atoms with Crippen LogP contribution in [-0.2, 0) is 33.3 Å². The molecule has 0 rings (SSSR count). The van der Waals surface area contributed by atoms with Gasteiger partial charge in [-0.1, -0.05) is 175 Å². The smallest absolute Gasteiger partial charge is 0.306 e. The van der Waals surface area contributed by atoms with E-state index in [4.69, 9.17) is 18.9 Å². The molecule has 0 heterocycles. The first kappa shape index (κ1) is 63.0. The summed E-state index contributed by atoms with van der Waals surface area (Å²) in [5.41, 5.74) is 0. The summed E-state index contributed by atoms with van der Waals surface area (Å²) >= 11 is 0. The van der Waals surface area contributed by atoms with Gasteiger partial charge in [0.05, 0.1) is 40.3 Å². The molecular weight excluding hydrogens is 839 g/mol. The third-order valence-electron chi connectivity index (χ3n) is 10.5. The molecular formula is C58H95NO8. The molecule has 0 aliphatic carbocycles. The molecule has 0 aromatic rings. The molecule has 0 saturated heterocycles. The molecule has 0 fully saturated rings. The van der Waals surface area contributed by atoms with Gasteiger partial charge in [0.2, 0.25) is 0 Å². The van der Waals surface area contributed by atoms with Crippen LogP contribution in [0.3, 0.4) is 0 Å². The van der Waals surface area contributed by atoms with Crippen LogP contribution in [-0.4, -0.2) is 82.3 Å². The quantitative estimate of drug-likeness (QED) is 0.0195. The van der Waals surface area contributed by atoms with Gasteiger partial charge in [0, 0.05) is 12.8 Å². The number of quaternary nitrogens is 1. The molecule has 2 atom stereocenters. The minimum atomic E-state index is -1.64. The Labute approximate surface area is 409 Å². The molecule has 0 bridgehead atoms. The van der Waals surface area contributed by atoms with Gasteiger partial charge in [0.1, 0.15) is 13.2 Å². The maximum Gasteiger partial charge on any atom is 0.306 e. The average Bonchev–Trinajstić information content (AvgIpc) is 3.29. The minimum absolute atomic E-state index is 0.133. The molecule has 2 unspecified atom stereocenters. The van der Waals surface area contributed by atoms with Crippen LogP contribution in [0.15, 0.2) is 109 Å². The standard InChI is InChI=1S/C58H95NO8/c1-6-8-10-12-14-16-18-20-22-24-25-26-27-28-29-30-31-33-35-37-39-41-43-45-47-49-56(61)67-54(53-66-58(57(62)63)64-51-50-59(3,4)5)52-65-55(60)48-46-44-42-40-38-36-34-32-23-21-19-17-15-13-11-9-7-2/h8,10,14-17,20-23,25-26,28-29,31,33,37,39,54,58H,6-7,9,11-13,18-19,24,27,30,32,34-36,38,40-53H2,1-5H3/b10-8-,16-14-,17-15-,22-20-,23-21-,26-25-,29-28-,33-31-,39-37-. The van der Waals surface area contributed by atoms with Gasteiger partial charge in [-0.15, -0.1) is 0 Å². The number of unbranched alkanes of at least 4 members (excludes halogenated alkanes) is 13. The van der Waals surface area contributed by atoms with Crippen molar-refractivity contribution in [1.82, 2.24) is 0 Å². The second-order valence-electron chi connectivity index (χ2n) is 18.1. The fourth-order valence-corrected chi connectivity index (χ4v) is 6.48. The summed E-state index contributed by atoms with van der Waals surface area (Å²) in [5.74, 6) is -2.36. The van der Waals surface area contributed by atoms with Crippen LogP contribution >= 0.6 is 0 Å². The zero-order valence-corrected chi connectivity index (χ0v) is 43.0. The Hall–Kier alpha value is -4.05. The molecule has 0 aliphatic rings. The number of hydrogen-bond donors (Lipinski definition) is 0. The van der Waals surface area contributed by atoms with E-state index in [2.05, 4.69) is 123 Å². The van der Waals surface area contributed by atoms with Gasteiger partial charge < -0.3 is 33.3 Å². The van der Waals surface area contributed by atoms with Crippen molar-refractivity contribution in [2.45, 2.75) is 193 Å². The van der Waals surface area contributed by atoms with E-state index in [1.165, 1.54) is 44.9 Å². The van der Waals surface area contributed by atoms with Crippen molar-refractivity contribution in [2.75, 3.05) is 47.5 Å². The second-order valence-corrected chi connectivity index (χ2v) is 18.1. The number of carbonyl (C=O) groups excluding carboxylic acids is 3. The van der Waals surface area contributed by atoms with Crippen LogP contribution in [0.25, 0.3) is 0 Å². The number of nitrogens with zero attached hydrogens (tertiary/aromatic N) is 1. The van der Waals surface area contributed by atoms with Crippen LogP contribution in [0, 0.1) is 0 Å².